The summed E-state index contributed by atoms with van der Waals surface area (Å²) in [6, 6.07) is 18.8. The van der Waals surface area contributed by atoms with Crippen molar-refractivity contribution >= 4 is 34.5 Å². The lowest BCUT2D eigenvalue weighted by molar-refractivity contribution is 0.0957. The predicted molar refractivity (Wildman–Crippen MR) is 120 cm³/mol. The minimum atomic E-state index is -0.262. The highest BCUT2D eigenvalue weighted by Gasteiger charge is 2.09. The van der Waals surface area contributed by atoms with Gasteiger partial charge in [-0.25, -0.2) is 5.43 Å². The van der Waals surface area contributed by atoms with Crippen molar-refractivity contribution in [3.8, 4) is 5.75 Å². The van der Waals surface area contributed by atoms with Crippen LogP contribution in [0.25, 0.3) is 10.8 Å². The number of unbranched alkanes of at least 4 members (excludes halogenated alkanes) is 3. The van der Waals surface area contributed by atoms with Crippen molar-refractivity contribution in [2.45, 2.75) is 32.6 Å². The zero-order valence-electron chi connectivity index (χ0n) is 16.5. The van der Waals surface area contributed by atoms with Crippen molar-refractivity contribution in [1.82, 2.24) is 5.43 Å². The summed E-state index contributed by atoms with van der Waals surface area (Å²) in [5.74, 6) is 0.441. The molecular weight excluding hydrogens is 384 g/mol. The lowest BCUT2D eigenvalue weighted by Gasteiger charge is -2.09. The van der Waals surface area contributed by atoms with Gasteiger partial charge in [0.2, 0.25) is 0 Å². The smallest absolute Gasteiger partial charge is 0.271 e. The Hall–Kier alpha value is -2.85. The predicted octanol–water partition coefficient (Wildman–Crippen LogP) is 6.22. The second-order valence-corrected chi connectivity index (χ2v) is 7.25. The quantitative estimate of drug-likeness (QED) is 0.259. The molecule has 0 fully saturated rings. The molecule has 3 aromatic carbocycles. The molecule has 0 aromatic heterocycles. The number of fused-ring (bicyclic) bond motifs is 1. The van der Waals surface area contributed by atoms with Crippen molar-refractivity contribution in [2.75, 3.05) is 6.61 Å². The Balaban J connectivity index is 1.67. The van der Waals surface area contributed by atoms with E-state index in [1.165, 1.54) is 12.8 Å². The summed E-state index contributed by atoms with van der Waals surface area (Å²) < 4.78 is 5.88. The fraction of sp³-hybridized carbons (Fsp3) is 0.250. The fourth-order valence-electron chi connectivity index (χ4n) is 3.11. The summed E-state index contributed by atoms with van der Waals surface area (Å²) in [5, 5.41) is 6.61. The summed E-state index contributed by atoms with van der Waals surface area (Å²) in [4.78, 5) is 12.6. The molecule has 4 nitrogen and oxygen atoms in total. The maximum Gasteiger partial charge on any atom is 0.271 e. The molecule has 0 unspecified atom stereocenters. The highest BCUT2D eigenvalue weighted by molar-refractivity contribution is 6.30. The summed E-state index contributed by atoms with van der Waals surface area (Å²) in [5.41, 5.74) is 3.91. The van der Waals surface area contributed by atoms with Crippen LogP contribution in [0.4, 0.5) is 0 Å². The molecule has 0 heterocycles. The third-order valence-corrected chi connectivity index (χ3v) is 4.87. The van der Waals surface area contributed by atoms with E-state index in [1.807, 2.05) is 42.5 Å². The van der Waals surface area contributed by atoms with E-state index in [-0.39, 0.29) is 5.91 Å². The number of amides is 1. The first kappa shape index (κ1) is 20.9. The van der Waals surface area contributed by atoms with Crippen molar-refractivity contribution < 1.29 is 9.53 Å². The molecule has 0 bridgehead atoms. The van der Waals surface area contributed by atoms with Gasteiger partial charge in [0.1, 0.15) is 5.75 Å². The molecule has 3 aromatic rings. The van der Waals surface area contributed by atoms with Crippen LogP contribution in [0.15, 0.2) is 65.8 Å². The number of nitrogens with one attached hydrogen (secondary N) is 1. The van der Waals surface area contributed by atoms with Crippen LogP contribution >= 0.6 is 11.6 Å². The van der Waals surface area contributed by atoms with Gasteiger partial charge in [0.25, 0.3) is 5.91 Å². The number of hydrogen-bond acceptors (Lipinski definition) is 3. The Morgan fingerprint density at radius 1 is 1.07 bits per heavy atom. The fourth-order valence-corrected chi connectivity index (χ4v) is 3.29. The van der Waals surface area contributed by atoms with Gasteiger partial charge in [-0.1, -0.05) is 74.2 Å². The highest BCUT2D eigenvalue weighted by Crippen LogP contribution is 2.22. The minimum absolute atomic E-state index is 0.262. The zero-order chi connectivity index (χ0) is 20.5. The molecule has 1 amide bonds. The second kappa shape index (κ2) is 10.6. The van der Waals surface area contributed by atoms with Gasteiger partial charge in [-0.2, -0.15) is 5.10 Å². The van der Waals surface area contributed by atoms with Crippen LogP contribution in [0, 0.1) is 0 Å². The Morgan fingerprint density at radius 3 is 2.76 bits per heavy atom. The molecule has 1 N–H and O–H groups in total. The van der Waals surface area contributed by atoms with Gasteiger partial charge < -0.3 is 4.74 Å². The number of nitrogens with zero attached hydrogens (tertiary/aromatic N) is 1. The first-order valence-corrected chi connectivity index (χ1v) is 10.3. The van der Waals surface area contributed by atoms with Crippen molar-refractivity contribution in [3.05, 3.63) is 76.8 Å². The third-order valence-electron chi connectivity index (χ3n) is 4.63. The standard InChI is InChI=1S/C24H25ClN2O2/c1-2-3-4-7-15-29-23-14-13-20(25)16-19(23)17-26-27-24(28)22-12-8-10-18-9-5-6-11-21(18)22/h5-6,8-14,16-17H,2-4,7,15H2,1H3,(H,27,28)/b26-17+. The molecule has 3 rings (SSSR count). The lowest BCUT2D eigenvalue weighted by Crippen LogP contribution is -2.18. The molecule has 5 heteroatoms. The number of hydrogen-bond donors (Lipinski definition) is 1. The van der Waals surface area contributed by atoms with E-state index in [2.05, 4.69) is 17.5 Å². The van der Waals surface area contributed by atoms with Gasteiger partial charge in [-0.15, -0.1) is 0 Å². The number of rotatable bonds is 9. The van der Waals surface area contributed by atoms with E-state index in [1.54, 1.807) is 24.4 Å². The molecular formula is C24H25ClN2O2. The third kappa shape index (κ3) is 5.81. The normalized spacial score (nSPS) is 11.1. The molecule has 29 heavy (non-hydrogen) atoms. The average molecular weight is 409 g/mol. The molecule has 0 atom stereocenters. The number of hydrazone groups is 1. The second-order valence-electron chi connectivity index (χ2n) is 6.82. The van der Waals surface area contributed by atoms with Crippen LogP contribution in [-0.2, 0) is 0 Å². The van der Waals surface area contributed by atoms with Gasteiger partial charge >= 0.3 is 0 Å². The van der Waals surface area contributed by atoms with Crippen LogP contribution in [0.5, 0.6) is 5.75 Å². The lowest BCUT2D eigenvalue weighted by atomic mass is 10.0. The van der Waals surface area contributed by atoms with Crippen molar-refractivity contribution in [3.63, 3.8) is 0 Å². The SMILES string of the molecule is CCCCCCOc1ccc(Cl)cc1/C=N/NC(=O)c1cccc2ccccc12. The van der Waals surface area contributed by atoms with Gasteiger partial charge in [-0.3, -0.25) is 4.79 Å². The molecule has 0 saturated carbocycles. The maximum atomic E-state index is 12.6. The largest absolute Gasteiger partial charge is 0.493 e. The van der Waals surface area contributed by atoms with Gasteiger partial charge in [0.05, 0.1) is 12.8 Å². The topological polar surface area (TPSA) is 50.7 Å². The van der Waals surface area contributed by atoms with E-state index >= 15 is 0 Å². The van der Waals surface area contributed by atoms with Crippen molar-refractivity contribution in [1.29, 1.82) is 0 Å². The molecule has 150 valence electrons. The van der Waals surface area contributed by atoms with E-state index < -0.39 is 0 Å². The number of benzene rings is 3. The van der Waals surface area contributed by atoms with Gasteiger partial charge in [0, 0.05) is 16.1 Å². The van der Waals surface area contributed by atoms with Crippen LogP contribution in [0.3, 0.4) is 0 Å². The van der Waals surface area contributed by atoms with Crippen LogP contribution in [-0.4, -0.2) is 18.7 Å². The molecule has 0 spiro atoms. The van der Waals surface area contributed by atoms with E-state index in [0.29, 0.717) is 22.9 Å². The van der Waals surface area contributed by atoms with Gasteiger partial charge in [0.15, 0.2) is 0 Å². The average Bonchev–Trinajstić information content (AvgIpc) is 2.74. The first-order chi connectivity index (χ1) is 14.2. The number of carbonyl (C=O) groups is 1. The summed E-state index contributed by atoms with van der Waals surface area (Å²) >= 11 is 6.12. The first-order valence-electron chi connectivity index (χ1n) is 9.92. The van der Waals surface area contributed by atoms with Crippen LogP contribution in [0.2, 0.25) is 5.02 Å². The Morgan fingerprint density at radius 2 is 1.90 bits per heavy atom. The molecule has 0 radical (unpaired) electrons. The van der Waals surface area contributed by atoms with Crippen LogP contribution in [0.1, 0.15) is 48.5 Å². The molecule has 0 aliphatic rings. The zero-order valence-corrected chi connectivity index (χ0v) is 17.3. The summed E-state index contributed by atoms with van der Waals surface area (Å²) in [7, 11) is 0. The summed E-state index contributed by atoms with van der Waals surface area (Å²) in [6.45, 7) is 2.83. The van der Waals surface area contributed by atoms with E-state index in [4.69, 9.17) is 16.3 Å². The molecule has 0 saturated heterocycles. The number of carbonyl (C=O) groups excluding carboxylic acids is 1. The number of halogens is 1. The van der Waals surface area contributed by atoms with Crippen molar-refractivity contribution in [2.24, 2.45) is 5.10 Å². The maximum absolute atomic E-state index is 12.6. The molecule has 0 aliphatic carbocycles. The minimum Gasteiger partial charge on any atom is -0.493 e. The van der Waals surface area contributed by atoms with Crippen LogP contribution < -0.4 is 10.2 Å². The number of ether oxygens (including phenoxy) is 1. The monoisotopic (exact) mass is 408 g/mol. The Kier molecular flexibility index (Phi) is 7.65. The van der Waals surface area contributed by atoms with E-state index in [0.717, 1.165) is 29.2 Å². The highest BCUT2D eigenvalue weighted by atomic mass is 35.5. The molecule has 0 aliphatic heterocycles. The Labute approximate surface area is 176 Å². The Bertz CT molecular complexity index is 996. The van der Waals surface area contributed by atoms with E-state index in [9.17, 15) is 4.79 Å². The van der Waals surface area contributed by atoms with Gasteiger partial charge in [-0.05, 0) is 41.5 Å². The summed E-state index contributed by atoms with van der Waals surface area (Å²) in [6.07, 6.45) is 6.11.